The van der Waals surface area contributed by atoms with Crippen LogP contribution in [0.4, 0.5) is 4.39 Å². The number of sulfonamides is 1. The van der Waals surface area contributed by atoms with E-state index < -0.39 is 15.6 Å². The van der Waals surface area contributed by atoms with Crippen LogP contribution in [0.15, 0.2) is 35.1 Å². The van der Waals surface area contributed by atoms with Gasteiger partial charge in [0.25, 0.3) is 0 Å². The third-order valence-corrected chi connectivity index (χ3v) is 7.35. The number of ether oxygens (including phenoxy) is 1. The van der Waals surface area contributed by atoms with Gasteiger partial charge in [-0.2, -0.15) is 4.31 Å². The Bertz CT molecular complexity index is 790. The molecule has 2 aliphatic rings. The fourth-order valence-corrected chi connectivity index (χ4v) is 5.56. The van der Waals surface area contributed by atoms with Crippen molar-refractivity contribution >= 4 is 10.0 Å². The molecule has 0 radical (unpaired) electrons. The topological polar surface area (TPSA) is 106 Å². The van der Waals surface area contributed by atoms with E-state index in [-0.39, 0.29) is 34.9 Å². The van der Waals surface area contributed by atoms with E-state index in [9.17, 15) is 17.9 Å². The molecule has 0 amide bonds. The van der Waals surface area contributed by atoms with Crippen molar-refractivity contribution in [2.45, 2.75) is 43.1 Å². The third-order valence-electron chi connectivity index (χ3n) is 5.46. The van der Waals surface area contributed by atoms with Crippen LogP contribution in [-0.4, -0.2) is 54.7 Å². The van der Waals surface area contributed by atoms with E-state index in [0.29, 0.717) is 19.4 Å². The lowest BCUT2D eigenvalue weighted by Gasteiger charge is -2.55. The molecular weight excluding hydrogens is 373 g/mol. The second-order valence-corrected chi connectivity index (χ2v) is 9.78. The first-order valence-electron chi connectivity index (χ1n) is 8.99. The van der Waals surface area contributed by atoms with Crippen LogP contribution in [-0.2, 0) is 10.0 Å². The van der Waals surface area contributed by atoms with E-state index in [1.54, 1.807) is 0 Å². The van der Waals surface area contributed by atoms with E-state index >= 15 is 0 Å². The Kier molecular flexibility index (Phi) is 5.58. The number of rotatable bonds is 6. The molecule has 3 rings (SSSR count). The summed E-state index contributed by atoms with van der Waals surface area (Å²) in [5, 5.41) is 9.99. The highest BCUT2D eigenvalue weighted by molar-refractivity contribution is 7.89. The minimum Gasteiger partial charge on any atom is -0.473 e. The van der Waals surface area contributed by atoms with Crippen molar-refractivity contribution in [1.82, 2.24) is 9.29 Å². The molecule has 1 saturated heterocycles. The Labute approximate surface area is 159 Å². The molecule has 3 N–H and O–H groups in total. The molecule has 7 nitrogen and oxygen atoms in total. The van der Waals surface area contributed by atoms with Crippen LogP contribution in [0, 0.1) is 5.41 Å². The van der Waals surface area contributed by atoms with Gasteiger partial charge in [-0.15, -0.1) is 0 Å². The summed E-state index contributed by atoms with van der Waals surface area (Å²) in [5.74, 6) is 0.205. The zero-order valence-electron chi connectivity index (χ0n) is 15.4. The summed E-state index contributed by atoms with van der Waals surface area (Å²) < 4.78 is 44.9. The normalized spacial score (nSPS) is 22.4. The number of hydrogen-bond acceptors (Lipinski definition) is 6. The van der Waals surface area contributed by atoms with Gasteiger partial charge in [0.05, 0.1) is 18.1 Å². The van der Waals surface area contributed by atoms with Gasteiger partial charge in [0, 0.05) is 31.3 Å². The molecule has 1 aliphatic carbocycles. The molecule has 2 heterocycles. The Morgan fingerprint density at radius 2 is 2.07 bits per heavy atom. The molecule has 0 atom stereocenters. The van der Waals surface area contributed by atoms with Crippen molar-refractivity contribution in [2.75, 3.05) is 26.2 Å². The Balaban J connectivity index is 1.60. The zero-order chi connectivity index (χ0) is 19.7. The second kappa shape index (κ2) is 7.46. The molecule has 0 bridgehead atoms. The highest BCUT2D eigenvalue weighted by Gasteiger charge is 2.52. The van der Waals surface area contributed by atoms with E-state index in [2.05, 4.69) is 4.98 Å². The smallest absolute Gasteiger partial charge is 0.244 e. The van der Waals surface area contributed by atoms with Gasteiger partial charge in [-0.3, -0.25) is 0 Å². The predicted molar refractivity (Wildman–Crippen MR) is 98.3 cm³/mol. The van der Waals surface area contributed by atoms with Crippen molar-refractivity contribution in [1.29, 1.82) is 0 Å². The van der Waals surface area contributed by atoms with Gasteiger partial charge in [0.1, 0.15) is 11.5 Å². The number of pyridine rings is 1. The van der Waals surface area contributed by atoms with Gasteiger partial charge in [0.2, 0.25) is 15.9 Å². The monoisotopic (exact) mass is 399 g/mol. The lowest BCUT2D eigenvalue weighted by Crippen LogP contribution is -2.55. The molecule has 1 aromatic rings. The van der Waals surface area contributed by atoms with Crippen LogP contribution in [0.1, 0.15) is 32.6 Å². The summed E-state index contributed by atoms with van der Waals surface area (Å²) in [7, 11) is -3.62. The van der Waals surface area contributed by atoms with Crippen LogP contribution in [0.25, 0.3) is 0 Å². The molecule has 9 heteroatoms. The third kappa shape index (κ3) is 4.31. The number of aromatic nitrogens is 1. The molecule has 0 aromatic carbocycles. The first-order valence-corrected chi connectivity index (χ1v) is 10.4. The van der Waals surface area contributed by atoms with E-state index in [0.717, 1.165) is 25.7 Å². The molecule has 0 unspecified atom stereocenters. The standard InChI is InChI=1S/C18H26FN3O4S/c1-17(23)12-18(13-17)4-6-22(7-5-18)27(24,25)15-2-3-16(21-10-15)26-11-14(8-19)9-20/h2-3,8,10,23H,4-7,9,11-13,20H2,1H3/b14-8+. The van der Waals surface area contributed by atoms with Crippen LogP contribution >= 0.6 is 0 Å². The summed E-state index contributed by atoms with van der Waals surface area (Å²) in [5.41, 5.74) is 5.11. The number of nitrogens with zero attached hydrogens (tertiary/aromatic N) is 2. The van der Waals surface area contributed by atoms with E-state index in [1.807, 2.05) is 6.92 Å². The van der Waals surface area contributed by atoms with Crippen molar-refractivity contribution in [2.24, 2.45) is 11.1 Å². The van der Waals surface area contributed by atoms with Crippen molar-refractivity contribution in [3.05, 3.63) is 30.2 Å². The lowest BCUT2D eigenvalue weighted by molar-refractivity contribution is -0.132. The Morgan fingerprint density at radius 3 is 2.56 bits per heavy atom. The maximum atomic E-state index is 12.8. The van der Waals surface area contributed by atoms with Gasteiger partial charge in [0.15, 0.2) is 0 Å². The molecule has 1 saturated carbocycles. The SMILES string of the molecule is CC1(O)CC2(CCN(S(=O)(=O)c3ccc(OC/C(=C/F)CN)nc3)CC2)C1. The number of nitrogens with two attached hydrogens (primary N) is 1. The summed E-state index contributed by atoms with van der Waals surface area (Å²) in [4.78, 5) is 4.11. The largest absolute Gasteiger partial charge is 0.473 e. The average Bonchev–Trinajstić information content (AvgIpc) is 2.62. The molecule has 27 heavy (non-hydrogen) atoms. The first kappa shape index (κ1) is 20.2. The molecular formula is C18H26FN3O4S. The second-order valence-electron chi connectivity index (χ2n) is 7.85. The maximum Gasteiger partial charge on any atom is 0.244 e. The quantitative estimate of drug-likeness (QED) is 0.752. The Morgan fingerprint density at radius 1 is 1.41 bits per heavy atom. The summed E-state index contributed by atoms with van der Waals surface area (Å²) >= 11 is 0. The summed E-state index contributed by atoms with van der Waals surface area (Å²) in [6, 6.07) is 2.89. The van der Waals surface area contributed by atoms with Crippen LogP contribution in [0.5, 0.6) is 5.88 Å². The van der Waals surface area contributed by atoms with Crippen LogP contribution < -0.4 is 10.5 Å². The van der Waals surface area contributed by atoms with Crippen LogP contribution in [0.3, 0.4) is 0 Å². The van der Waals surface area contributed by atoms with Gasteiger partial charge in [-0.05, 0) is 44.1 Å². The fourth-order valence-electron chi connectivity index (χ4n) is 4.17. The average molecular weight is 399 g/mol. The number of halogens is 1. The van der Waals surface area contributed by atoms with Gasteiger partial charge in [-0.1, -0.05) is 0 Å². The lowest BCUT2D eigenvalue weighted by atomic mass is 9.56. The number of piperidine rings is 1. The number of aliphatic hydroxyl groups is 1. The molecule has 150 valence electrons. The minimum absolute atomic E-state index is 0.0366. The zero-order valence-corrected chi connectivity index (χ0v) is 16.2. The first-order chi connectivity index (χ1) is 12.7. The van der Waals surface area contributed by atoms with E-state index in [1.165, 1.54) is 22.6 Å². The summed E-state index contributed by atoms with van der Waals surface area (Å²) in [6.07, 6.45) is 4.63. The van der Waals surface area contributed by atoms with Crippen molar-refractivity contribution < 1.29 is 22.7 Å². The van der Waals surface area contributed by atoms with Crippen molar-refractivity contribution in [3.8, 4) is 5.88 Å². The minimum atomic E-state index is -3.62. The van der Waals surface area contributed by atoms with Crippen LogP contribution in [0.2, 0.25) is 0 Å². The van der Waals surface area contributed by atoms with Gasteiger partial charge >= 0.3 is 0 Å². The predicted octanol–water partition coefficient (Wildman–Crippen LogP) is 1.59. The maximum absolute atomic E-state index is 12.8. The van der Waals surface area contributed by atoms with Gasteiger partial charge in [-0.25, -0.2) is 17.8 Å². The molecule has 1 spiro atoms. The molecule has 1 aromatic heterocycles. The Hall–Kier alpha value is -1.55. The highest BCUT2D eigenvalue weighted by Crippen LogP contribution is 2.54. The number of hydrogen-bond donors (Lipinski definition) is 2. The van der Waals surface area contributed by atoms with Gasteiger partial charge < -0.3 is 15.6 Å². The molecule has 1 aliphatic heterocycles. The fraction of sp³-hybridized carbons (Fsp3) is 0.611. The summed E-state index contributed by atoms with van der Waals surface area (Å²) in [6.45, 7) is 2.71. The van der Waals surface area contributed by atoms with Crippen molar-refractivity contribution in [3.63, 3.8) is 0 Å². The molecule has 2 fully saturated rings. The van der Waals surface area contributed by atoms with E-state index in [4.69, 9.17) is 10.5 Å². The highest BCUT2D eigenvalue weighted by atomic mass is 32.2.